The zero-order chi connectivity index (χ0) is 13.5. The van der Waals surface area contributed by atoms with Crippen molar-refractivity contribution in [3.8, 4) is 0 Å². The highest BCUT2D eigenvalue weighted by atomic mass is 16.6. The minimum Gasteiger partial charge on any atom is -0.344 e. The van der Waals surface area contributed by atoms with Gasteiger partial charge in [0.1, 0.15) is 0 Å². The molecule has 1 amide bonds. The number of carbonyl (C=O) groups excluding carboxylic acids is 1. The van der Waals surface area contributed by atoms with Gasteiger partial charge in [0.25, 0.3) is 5.69 Å². The van der Waals surface area contributed by atoms with E-state index < -0.39 is 4.92 Å². The molecule has 0 saturated heterocycles. The third-order valence-electron chi connectivity index (χ3n) is 2.65. The molecule has 1 aromatic rings. The molecule has 0 aliphatic carbocycles. The average Bonchev–Trinajstić information content (AvgIpc) is 2.36. The summed E-state index contributed by atoms with van der Waals surface area (Å²) in [6, 6.07) is 6.32. The van der Waals surface area contributed by atoms with E-state index in [1.54, 1.807) is 37.2 Å². The molecular formula is C12H17N3O3. The Morgan fingerprint density at radius 1 is 1.44 bits per heavy atom. The standard InChI is InChI=1S/C12H17N3O3/c1-13-7-8-14(2)12(16)9-10-5-3-4-6-11(10)15(17)18/h3-6,13H,7-9H2,1-2H3. The molecule has 1 aromatic carbocycles. The van der Waals surface area contributed by atoms with Crippen molar-refractivity contribution in [1.29, 1.82) is 0 Å². The first kappa shape index (κ1) is 14.1. The molecule has 0 bridgehead atoms. The molecule has 6 nitrogen and oxygen atoms in total. The van der Waals surface area contributed by atoms with Crippen molar-refractivity contribution in [2.24, 2.45) is 0 Å². The number of nitrogens with one attached hydrogen (secondary N) is 1. The van der Waals surface area contributed by atoms with E-state index in [1.165, 1.54) is 6.07 Å². The lowest BCUT2D eigenvalue weighted by molar-refractivity contribution is -0.385. The first-order chi connectivity index (χ1) is 8.56. The molecule has 0 heterocycles. The molecule has 6 heteroatoms. The number of nitro groups is 1. The SMILES string of the molecule is CNCCN(C)C(=O)Cc1ccccc1[N+](=O)[O-]. The normalized spacial score (nSPS) is 10.1. The van der Waals surface area contributed by atoms with E-state index in [-0.39, 0.29) is 18.0 Å². The molecule has 1 N–H and O–H groups in total. The fourth-order valence-corrected chi connectivity index (χ4v) is 1.54. The van der Waals surface area contributed by atoms with Gasteiger partial charge in [-0.25, -0.2) is 0 Å². The Morgan fingerprint density at radius 3 is 2.72 bits per heavy atom. The summed E-state index contributed by atoms with van der Waals surface area (Å²) in [5.74, 6) is -0.125. The molecule has 18 heavy (non-hydrogen) atoms. The molecule has 1 rings (SSSR count). The van der Waals surface area contributed by atoms with Crippen molar-refractivity contribution in [3.63, 3.8) is 0 Å². The lowest BCUT2D eigenvalue weighted by Crippen LogP contribution is -2.33. The maximum atomic E-state index is 11.9. The van der Waals surface area contributed by atoms with E-state index in [1.807, 2.05) is 0 Å². The fourth-order valence-electron chi connectivity index (χ4n) is 1.54. The highest BCUT2D eigenvalue weighted by Gasteiger charge is 2.17. The molecule has 0 aliphatic heterocycles. The third-order valence-corrected chi connectivity index (χ3v) is 2.65. The molecule has 0 spiro atoms. The average molecular weight is 251 g/mol. The highest BCUT2D eigenvalue weighted by molar-refractivity contribution is 5.79. The van der Waals surface area contributed by atoms with Crippen LogP contribution < -0.4 is 5.32 Å². The van der Waals surface area contributed by atoms with Crippen molar-refractivity contribution in [2.75, 3.05) is 27.2 Å². The van der Waals surface area contributed by atoms with Gasteiger partial charge in [-0.1, -0.05) is 18.2 Å². The number of carbonyl (C=O) groups is 1. The van der Waals surface area contributed by atoms with Gasteiger partial charge < -0.3 is 10.2 Å². The molecule has 0 fully saturated rings. The Bertz CT molecular complexity index is 434. The summed E-state index contributed by atoms with van der Waals surface area (Å²) >= 11 is 0. The molecule has 98 valence electrons. The van der Waals surface area contributed by atoms with Gasteiger partial charge in [0, 0.05) is 31.8 Å². The van der Waals surface area contributed by atoms with Crippen LogP contribution in [0.4, 0.5) is 5.69 Å². The van der Waals surface area contributed by atoms with Gasteiger partial charge in [-0.15, -0.1) is 0 Å². The highest BCUT2D eigenvalue weighted by Crippen LogP contribution is 2.18. The second-order valence-electron chi connectivity index (χ2n) is 3.98. The van der Waals surface area contributed by atoms with Gasteiger partial charge in [0.05, 0.1) is 11.3 Å². The van der Waals surface area contributed by atoms with Crippen LogP contribution in [0.15, 0.2) is 24.3 Å². The van der Waals surface area contributed by atoms with Crippen molar-refractivity contribution >= 4 is 11.6 Å². The van der Waals surface area contributed by atoms with E-state index in [0.29, 0.717) is 18.7 Å². The van der Waals surface area contributed by atoms with Crippen molar-refractivity contribution in [3.05, 3.63) is 39.9 Å². The molecule has 0 unspecified atom stereocenters. The number of benzene rings is 1. The topological polar surface area (TPSA) is 75.5 Å². The van der Waals surface area contributed by atoms with Gasteiger partial charge in [0.2, 0.25) is 5.91 Å². The van der Waals surface area contributed by atoms with Crippen LogP contribution in [0.5, 0.6) is 0 Å². The number of hydrogen-bond acceptors (Lipinski definition) is 4. The minimum absolute atomic E-state index is 0.00661. The van der Waals surface area contributed by atoms with Crippen LogP contribution in [0.2, 0.25) is 0 Å². The summed E-state index contributed by atoms with van der Waals surface area (Å²) in [5.41, 5.74) is 0.441. The van der Waals surface area contributed by atoms with E-state index in [2.05, 4.69) is 5.32 Å². The van der Waals surface area contributed by atoms with Crippen LogP contribution in [-0.4, -0.2) is 42.9 Å². The fraction of sp³-hybridized carbons (Fsp3) is 0.417. The summed E-state index contributed by atoms with van der Waals surface area (Å²) in [6.45, 7) is 1.27. The van der Waals surface area contributed by atoms with Crippen LogP contribution in [0.25, 0.3) is 0 Å². The molecule has 0 aliphatic rings. The summed E-state index contributed by atoms with van der Waals surface area (Å²) in [4.78, 5) is 23.8. The van der Waals surface area contributed by atoms with Crippen LogP contribution >= 0.6 is 0 Å². The summed E-state index contributed by atoms with van der Waals surface area (Å²) < 4.78 is 0. The monoisotopic (exact) mass is 251 g/mol. The number of nitrogens with zero attached hydrogens (tertiary/aromatic N) is 2. The molecular weight excluding hydrogens is 234 g/mol. The Balaban J connectivity index is 2.72. The largest absolute Gasteiger partial charge is 0.344 e. The van der Waals surface area contributed by atoms with E-state index in [0.717, 1.165) is 0 Å². The van der Waals surface area contributed by atoms with E-state index >= 15 is 0 Å². The Kier molecular flexibility index (Phi) is 5.26. The number of para-hydroxylation sites is 1. The minimum atomic E-state index is -0.462. The predicted octanol–water partition coefficient (Wildman–Crippen LogP) is 0.815. The Labute approximate surface area is 106 Å². The number of hydrogen-bond donors (Lipinski definition) is 1. The first-order valence-electron chi connectivity index (χ1n) is 5.67. The van der Waals surface area contributed by atoms with Gasteiger partial charge >= 0.3 is 0 Å². The number of rotatable bonds is 6. The zero-order valence-corrected chi connectivity index (χ0v) is 10.5. The van der Waals surface area contributed by atoms with Gasteiger partial charge in [-0.05, 0) is 7.05 Å². The van der Waals surface area contributed by atoms with Crippen molar-refractivity contribution in [2.45, 2.75) is 6.42 Å². The van der Waals surface area contributed by atoms with Crippen LogP contribution in [-0.2, 0) is 11.2 Å². The van der Waals surface area contributed by atoms with E-state index in [4.69, 9.17) is 0 Å². The molecule has 0 atom stereocenters. The second-order valence-corrected chi connectivity index (χ2v) is 3.98. The molecule has 0 radical (unpaired) electrons. The maximum Gasteiger partial charge on any atom is 0.273 e. The lowest BCUT2D eigenvalue weighted by Gasteiger charge is -2.16. The third kappa shape index (κ3) is 3.81. The summed E-state index contributed by atoms with van der Waals surface area (Å²) in [5, 5.41) is 13.8. The van der Waals surface area contributed by atoms with Crippen LogP contribution in [0, 0.1) is 10.1 Å². The van der Waals surface area contributed by atoms with Gasteiger partial charge in [0.15, 0.2) is 0 Å². The molecule has 0 saturated carbocycles. The van der Waals surface area contributed by atoms with E-state index in [9.17, 15) is 14.9 Å². The summed E-state index contributed by atoms with van der Waals surface area (Å²) in [7, 11) is 3.49. The number of amides is 1. The van der Waals surface area contributed by atoms with Crippen molar-refractivity contribution < 1.29 is 9.72 Å². The zero-order valence-electron chi connectivity index (χ0n) is 10.5. The first-order valence-corrected chi connectivity index (χ1v) is 5.67. The second kappa shape index (κ2) is 6.70. The Hall–Kier alpha value is -1.95. The smallest absolute Gasteiger partial charge is 0.273 e. The van der Waals surface area contributed by atoms with Crippen LogP contribution in [0.3, 0.4) is 0 Å². The number of likely N-dealkylation sites (N-methyl/N-ethyl adjacent to an activating group) is 2. The van der Waals surface area contributed by atoms with Gasteiger partial charge in [-0.3, -0.25) is 14.9 Å². The predicted molar refractivity (Wildman–Crippen MR) is 68.4 cm³/mol. The maximum absolute atomic E-state index is 11.9. The van der Waals surface area contributed by atoms with Crippen LogP contribution in [0.1, 0.15) is 5.56 Å². The Morgan fingerprint density at radius 2 is 2.11 bits per heavy atom. The quantitative estimate of drug-likeness (QED) is 0.600. The van der Waals surface area contributed by atoms with Crippen molar-refractivity contribution in [1.82, 2.24) is 10.2 Å². The molecule has 0 aromatic heterocycles. The summed E-state index contributed by atoms with van der Waals surface area (Å²) in [6.07, 6.45) is 0.0529. The number of nitro benzene ring substituents is 1. The van der Waals surface area contributed by atoms with Gasteiger partial charge in [-0.2, -0.15) is 0 Å². The lowest BCUT2D eigenvalue weighted by atomic mass is 10.1.